The molecule has 4 saturated carbocycles. The number of esters is 1. The van der Waals surface area contributed by atoms with Crippen molar-refractivity contribution in [3.63, 3.8) is 0 Å². The highest BCUT2D eigenvalue weighted by Gasteiger charge is 2.64. The van der Waals surface area contributed by atoms with Crippen molar-refractivity contribution in [2.75, 3.05) is 0 Å². The van der Waals surface area contributed by atoms with Crippen molar-refractivity contribution in [3.05, 3.63) is 47.5 Å². The molecule has 42 heavy (non-hydrogen) atoms. The first-order valence-corrected chi connectivity index (χ1v) is 15.6. The molecular weight excluding hydrogens is 545 g/mol. The lowest BCUT2D eigenvalue weighted by Crippen LogP contribution is -2.60. The first-order chi connectivity index (χ1) is 19.6. The maximum absolute atomic E-state index is 13.2. The molecule has 10 atom stereocenters. The van der Waals surface area contributed by atoms with Gasteiger partial charge in [-0.3, -0.25) is 4.79 Å². The summed E-state index contributed by atoms with van der Waals surface area (Å²) in [7, 11) is 0. The topological polar surface area (TPSA) is 83.8 Å². The van der Waals surface area contributed by atoms with E-state index in [4.69, 9.17) is 9.84 Å². The molecular formula is C34H45F3O5. The van der Waals surface area contributed by atoms with Crippen LogP contribution in [0.1, 0.15) is 96.6 Å². The van der Waals surface area contributed by atoms with E-state index in [1.54, 1.807) is 6.08 Å². The summed E-state index contributed by atoms with van der Waals surface area (Å²) in [5.41, 5.74) is -1.41. The molecule has 0 saturated heterocycles. The third kappa shape index (κ3) is 5.41. The summed E-state index contributed by atoms with van der Waals surface area (Å²) in [6.45, 7) is 8.41. The van der Waals surface area contributed by atoms with Crippen LogP contribution in [0.2, 0.25) is 0 Å². The van der Waals surface area contributed by atoms with Gasteiger partial charge in [-0.05, 0) is 116 Å². The summed E-state index contributed by atoms with van der Waals surface area (Å²) in [6, 6.07) is 4.93. The number of allylic oxidation sites excluding steroid dienone is 1. The maximum atomic E-state index is 13.2. The lowest BCUT2D eigenvalue weighted by atomic mass is 9.42. The zero-order valence-corrected chi connectivity index (χ0v) is 25.1. The standard InChI is InChI=1S/C34H45F3O5/c1-20(6-5-7-29(39)40)25-12-13-26-30-27(14-15-32(25,26)4)31(3)16-17-33(41,19-24(31)18-28(30)42-21(2)38)22-8-10-23(11-9-22)34(35,36)37/h5,7-11,20,24-28,30,41H,6,12-19H2,1-4H3,(H,39,40)/t20?,24-,25-,26+,27+,28-,30+,31+,32-,33+/m1/s1. The molecule has 0 radical (unpaired) electrons. The Morgan fingerprint density at radius 1 is 1.05 bits per heavy atom. The van der Waals surface area contributed by atoms with E-state index in [0.717, 1.165) is 50.7 Å². The van der Waals surface area contributed by atoms with Crippen LogP contribution in [0.3, 0.4) is 0 Å². The Kier molecular flexibility index (Phi) is 8.12. The highest BCUT2D eigenvalue weighted by molar-refractivity contribution is 5.79. The van der Waals surface area contributed by atoms with Crippen LogP contribution >= 0.6 is 0 Å². The summed E-state index contributed by atoms with van der Waals surface area (Å²) in [6.07, 6.45) is 5.59. The second kappa shape index (κ2) is 11.0. The number of halogens is 3. The van der Waals surface area contributed by atoms with Gasteiger partial charge in [-0.1, -0.05) is 39.0 Å². The SMILES string of the molecule is CC(=O)O[C@@H]1C[C@@H]2C[C@](O)(c3ccc(C(F)(F)F)cc3)CC[C@]2(C)[C@H]2CC[C@]3(C)[C@@H](C(C)CC=CC(=O)O)CC[C@H]3[C@H]12. The summed E-state index contributed by atoms with van der Waals surface area (Å²) in [5.74, 6) is 0.599. The van der Waals surface area contributed by atoms with E-state index in [-0.39, 0.29) is 34.7 Å². The number of carbonyl (C=O) groups excluding carboxylic acids is 1. The molecule has 0 spiro atoms. The summed E-state index contributed by atoms with van der Waals surface area (Å²) in [4.78, 5) is 23.4. The molecule has 4 fully saturated rings. The number of hydrogen-bond acceptors (Lipinski definition) is 4. The molecule has 0 amide bonds. The van der Waals surface area contributed by atoms with Crippen LogP contribution < -0.4 is 0 Å². The molecule has 0 bridgehead atoms. The summed E-state index contributed by atoms with van der Waals surface area (Å²) < 4.78 is 45.6. The molecule has 1 unspecified atom stereocenters. The molecule has 2 N–H and O–H groups in total. The van der Waals surface area contributed by atoms with Gasteiger partial charge in [0.05, 0.1) is 11.2 Å². The molecule has 1 aromatic rings. The normalized spacial score (nSPS) is 40.6. The second-order valence-electron chi connectivity index (χ2n) is 14.4. The zero-order valence-electron chi connectivity index (χ0n) is 25.1. The van der Waals surface area contributed by atoms with Crippen molar-refractivity contribution in [2.24, 2.45) is 46.3 Å². The number of carbonyl (C=O) groups is 2. The molecule has 8 heteroatoms. The molecule has 5 nitrogen and oxygen atoms in total. The van der Waals surface area contributed by atoms with E-state index in [0.29, 0.717) is 48.5 Å². The van der Waals surface area contributed by atoms with Gasteiger partial charge in [0.25, 0.3) is 0 Å². The van der Waals surface area contributed by atoms with E-state index in [2.05, 4.69) is 20.8 Å². The number of aliphatic carboxylic acids is 1. The van der Waals surface area contributed by atoms with Crippen molar-refractivity contribution in [1.82, 2.24) is 0 Å². The minimum atomic E-state index is -4.43. The number of alkyl halides is 3. The monoisotopic (exact) mass is 590 g/mol. The second-order valence-corrected chi connectivity index (χ2v) is 14.4. The first-order valence-electron chi connectivity index (χ1n) is 15.6. The van der Waals surface area contributed by atoms with Crippen molar-refractivity contribution in [3.8, 4) is 0 Å². The molecule has 0 aromatic heterocycles. The van der Waals surface area contributed by atoms with Gasteiger partial charge in [-0.25, -0.2) is 4.79 Å². The van der Waals surface area contributed by atoms with Crippen LogP contribution in [-0.4, -0.2) is 28.3 Å². The third-order valence-corrected chi connectivity index (χ3v) is 12.3. The van der Waals surface area contributed by atoms with Gasteiger partial charge in [0, 0.05) is 18.9 Å². The zero-order chi connectivity index (χ0) is 30.7. The average Bonchev–Trinajstić information content (AvgIpc) is 3.26. The summed E-state index contributed by atoms with van der Waals surface area (Å²) in [5, 5.41) is 20.8. The predicted octanol–water partition coefficient (Wildman–Crippen LogP) is 7.76. The maximum Gasteiger partial charge on any atom is 0.416 e. The number of rotatable bonds is 6. The Labute approximate surface area is 246 Å². The Bertz CT molecular complexity index is 1210. The van der Waals surface area contributed by atoms with Gasteiger partial charge in [-0.15, -0.1) is 0 Å². The molecule has 232 valence electrons. The molecule has 1 aromatic carbocycles. The van der Waals surface area contributed by atoms with Crippen LogP contribution in [0, 0.1) is 46.3 Å². The molecule has 0 aliphatic heterocycles. The van der Waals surface area contributed by atoms with Crippen molar-refractivity contribution in [2.45, 2.75) is 103 Å². The highest BCUT2D eigenvalue weighted by atomic mass is 19.4. The smallest absolute Gasteiger partial charge is 0.416 e. The first kappa shape index (κ1) is 31.1. The van der Waals surface area contributed by atoms with Crippen molar-refractivity contribution < 1.29 is 37.7 Å². The number of hydrogen-bond donors (Lipinski definition) is 2. The van der Waals surface area contributed by atoms with E-state index < -0.39 is 23.3 Å². The quantitative estimate of drug-likeness (QED) is 0.261. The minimum Gasteiger partial charge on any atom is -0.478 e. The number of fused-ring (bicyclic) bond motifs is 5. The third-order valence-electron chi connectivity index (χ3n) is 12.3. The minimum absolute atomic E-state index is 0.0608. The molecule has 0 heterocycles. The molecule has 4 aliphatic rings. The van der Waals surface area contributed by atoms with Gasteiger partial charge in [0.15, 0.2) is 0 Å². The van der Waals surface area contributed by atoms with Crippen LogP contribution in [0.4, 0.5) is 13.2 Å². The largest absolute Gasteiger partial charge is 0.478 e. The number of carboxylic acids is 1. The van der Waals surface area contributed by atoms with Gasteiger partial charge < -0.3 is 14.9 Å². The number of benzene rings is 1. The Hall–Kier alpha value is -2.35. The molecule has 4 aliphatic carbocycles. The van der Waals surface area contributed by atoms with Crippen LogP contribution in [0.25, 0.3) is 0 Å². The Balaban J connectivity index is 1.40. The van der Waals surface area contributed by atoms with E-state index in [1.165, 1.54) is 25.1 Å². The van der Waals surface area contributed by atoms with Crippen LogP contribution in [0.15, 0.2) is 36.4 Å². The lowest BCUT2D eigenvalue weighted by molar-refractivity contribution is -0.204. The van der Waals surface area contributed by atoms with Gasteiger partial charge in [-0.2, -0.15) is 13.2 Å². The number of ether oxygens (including phenoxy) is 1. The summed E-state index contributed by atoms with van der Waals surface area (Å²) >= 11 is 0. The van der Waals surface area contributed by atoms with Crippen LogP contribution in [0.5, 0.6) is 0 Å². The Morgan fingerprint density at radius 3 is 2.33 bits per heavy atom. The van der Waals surface area contributed by atoms with Gasteiger partial charge in [0.1, 0.15) is 6.10 Å². The van der Waals surface area contributed by atoms with E-state index in [1.807, 2.05) is 0 Å². The number of aliphatic hydroxyl groups is 1. The van der Waals surface area contributed by atoms with Gasteiger partial charge in [0.2, 0.25) is 0 Å². The molecule has 5 rings (SSSR count). The van der Waals surface area contributed by atoms with Gasteiger partial charge >= 0.3 is 18.1 Å². The van der Waals surface area contributed by atoms with Crippen molar-refractivity contribution >= 4 is 11.9 Å². The fourth-order valence-corrected chi connectivity index (χ4v) is 10.3. The van der Waals surface area contributed by atoms with E-state index >= 15 is 0 Å². The lowest BCUT2D eigenvalue weighted by Gasteiger charge is -2.63. The average molecular weight is 591 g/mol. The van der Waals surface area contributed by atoms with Crippen molar-refractivity contribution in [1.29, 1.82) is 0 Å². The Morgan fingerprint density at radius 2 is 1.71 bits per heavy atom. The van der Waals surface area contributed by atoms with Crippen LogP contribution in [-0.2, 0) is 26.1 Å². The predicted molar refractivity (Wildman–Crippen MR) is 152 cm³/mol. The van der Waals surface area contributed by atoms with E-state index in [9.17, 15) is 27.9 Å². The number of carboxylic acid groups (broad SMARTS) is 1. The fourth-order valence-electron chi connectivity index (χ4n) is 10.3. The fraction of sp³-hybridized carbons (Fsp3) is 0.706. The highest BCUT2D eigenvalue weighted by Crippen LogP contribution is 2.69.